The lowest BCUT2D eigenvalue weighted by Crippen LogP contribution is -2.10. The lowest BCUT2D eigenvalue weighted by atomic mass is 10.1. The number of imidazole rings is 1. The Balaban J connectivity index is 2.59. The minimum Gasteiger partial charge on any atom is -0.382 e. The number of hydrogen-bond acceptors (Lipinski definition) is 3. The predicted molar refractivity (Wildman–Crippen MR) is 62.0 cm³/mol. The van der Waals surface area contributed by atoms with Crippen molar-refractivity contribution in [3.8, 4) is 11.3 Å². The second-order valence-electron chi connectivity index (χ2n) is 3.34. The number of benzene rings is 1. The van der Waals surface area contributed by atoms with Gasteiger partial charge in [0.25, 0.3) is 0 Å². The summed E-state index contributed by atoms with van der Waals surface area (Å²) in [5.74, 6) is 6.01. The van der Waals surface area contributed by atoms with Crippen molar-refractivity contribution >= 4 is 17.4 Å². The van der Waals surface area contributed by atoms with Crippen LogP contribution in [-0.2, 0) is 0 Å². The molecule has 0 fully saturated rings. The molecule has 15 heavy (non-hydrogen) atoms. The molecule has 0 aliphatic rings. The first-order valence-corrected chi connectivity index (χ1v) is 4.82. The molecule has 0 bridgehead atoms. The number of aryl methyl sites for hydroxylation is 1. The summed E-state index contributed by atoms with van der Waals surface area (Å²) in [5, 5.41) is 0.696. The molecule has 0 spiro atoms. The van der Waals surface area contributed by atoms with Gasteiger partial charge in [-0.2, -0.15) is 0 Å². The molecule has 0 aliphatic heterocycles. The number of aromatic nitrogens is 2. The normalized spacial score (nSPS) is 10.5. The fourth-order valence-corrected chi connectivity index (χ4v) is 1.70. The second kappa shape index (κ2) is 3.47. The Bertz CT molecular complexity index is 504. The van der Waals surface area contributed by atoms with E-state index in [2.05, 4.69) is 4.98 Å². The van der Waals surface area contributed by atoms with Crippen LogP contribution in [0.2, 0.25) is 5.02 Å². The van der Waals surface area contributed by atoms with Crippen molar-refractivity contribution in [2.24, 2.45) is 0 Å². The highest BCUT2D eigenvalue weighted by Crippen LogP contribution is 2.28. The van der Waals surface area contributed by atoms with Crippen LogP contribution in [0.15, 0.2) is 24.5 Å². The van der Waals surface area contributed by atoms with Crippen LogP contribution in [0.25, 0.3) is 11.3 Å². The van der Waals surface area contributed by atoms with Crippen LogP contribution in [0.1, 0.15) is 5.56 Å². The first-order valence-electron chi connectivity index (χ1n) is 4.44. The maximum Gasteiger partial charge on any atom is 0.150 e. The summed E-state index contributed by atoms with van der Waals surface area (Å²) >= 11 is 5.87. The van der Waals surface area contributed by atoms with Gasteiger partial charge in [-0.05, 0) is 24.6 Å². The third kappa shape index (κ3) is 1.64. The quantitative estimate of drug-likeness (QED) is 0.723. The SMILES string of the molecule is Cc1cc(Cl)ccc1-c1ncn(N)c1N. The molecule has 78 valence electrons. The molecule has 0 radical (unpaired) electrons. The molecule has 0 amide bonds. The number of halogens is 1. The van der Waals surface area contributed by atoms with Gasteiger partial charge in [0, 0.05) is 10.6 Å². The Kier molecular flexibility index (Phi) is 2.28. The molecule has 2 aromatic rings. The van der Waals surface area contributed by atoms with Crippen LogP contribution in [0, 0.1) is 6.92 Å². The molecule has 1 heterocycles. The van der Waals surface area contributed by atoms with Crippen LogP contribution in [0.4, 0.5) is 5.82 Å². The van der Waals surface area contributed by atoms with Crippen molar-refractivity contribution in [2.75, 3.05) is 11.6 Å². The summed E-state index contributed by atoms with van der Waals surface area (Å²) in [7, 11) is 0. The average Bonchev–Trinajstić information content (AvgIpc) is 2.49. The molecule has 0 saturated heterocycles. The monoisotopic (exact) mass is 222 g/mol. The van der Waals surface area contributed by atoms with Crippen molar-refractivity contribution in [2.45, 2.75) is 6.92 Å². The molecule has 4 N–H and O–H groups in total. The van der Waals surface area contributed by atoms with Crippen LogP contribution in [0.5, 0.6) is 0 Å². The third-order valence-corrected chi connectivity index (χ3v) is 2.51. The van der Waals surface area contributed by atoms with Crippen molar-refractivity contribution in [1.82, 2.24) is 9.66 Å². The number of rotatable bonds is 1. The van der Waals surface area contributed by atoms with Crippen molar-refractivity contribution in [3.63, 3.8) is 0 Å². The molecular weight excluding hydrogens is 212 g/mol. The number of hydrogen-bond donors (Lipinski definition) is 2. The third-order valence-electron chi connectivity index (χ3n) is 2.28. The summed E-state index contributed by atoms with van der Waals surface area (Å²) < 4.78 is 1.30. The molecule has 4 nitrogen and oxygen atoms in total. The summed E-state index contributed by atoms with van der Waals surface area (Å²) in [6.07, 6.45) is 1.48. The predicted octanol–water partition coefficient (Wildman–Crippen LogP) is 1.81. The van der Waals surface area contributed by atoms with E-state index in [1.807, 2.05) is 19.1 Å². The largest absolute Gasteiger partial charge is 0.382 e. The van der Waals surface area contributed by atoms with Gasteiger partial charge in [-0.1, -0.05) is 17.7 Å². The zero-order valence-corrected chi connectivity index (χ0v) is 8.99. The number of nitrogens with zero attached hydrogens (tertiary/aromatic N) is 2. The van der Waals surface area contributed by atoms with Crippen LogP contribution < -0.4 is 11.6 Å². The molecular formula is C10H11ClN4. The topological polar surface area (TPSA) is 69.9 Å². The minimum atomic E-state index is 0.445. The van der Waals surface area contributed by atoms with E-state index in [0.717, 1.165) is 11.1 Å². The summed E-state index contributed by atoms with van der Waals surface area (Å²) in [6.45, 7) is 1.95. The zero-order chi connectivity index (χ0) is 11.0. The molecule has 5 heteroatoms. The standard InChI is InChI=1S/C10H11ClN4/c1-6-4-7(11)2-3-8(6)9-10(12)15(13)5-14-9/h2-5H,12-13H2,1H3. The first-order chi connectivity index (χ1) is 7.09. The van der Waals surface area contributed by atoms with E-state index in [-0.39, 0.29) is 0 Å². The fourth-order valence-electron chi connectivity index (χ4n) is 1.47. The van der Waals surface area contributed by atoms with Gasteiger partial charge in [-0.15, -0.1) is 0 Å². The van der Waals surface area contributed by atoms with Crippen LogP contribution >= 0.6 is 11.6 Å². The molecule has 0 unspecified atom stereocenters. The van der Waals surface area contributed by atoms with Gasteiger partial charge >= 0.3 is 0 Å². The van der Waals surface area contributed by atoms with Gasteiger partial charge < -0.3 is 11.6 Å². The van der Waals surface area contributed by atoms with E-state index >= 15 is 0 Å². The molecule has 1 aromatic heterocycles. The van der Waals surface area contributed by atoms with Crippen molar-refractivity contribution < 1.29 is 0 Å². The highest BCUT2D eigenvalue weighted by molar-refractivity contribution is 6.30. The maximum absolute atomic E-state index is 5.87. The fraction of sp³-hybridized carbons (Fsp3) is 0.100. The summed E-state index contributed by atoms with van der Waals surface area (Å²) in [4.78, 5) is 4.15. The van der Waals surface area contributed by atoms with Crippen molar-refractivity contribution in [1.29, 1.82) is 0 Å². The van der Waals surface area contributed by atoms with Gasteiger partial charge in [0.05, 0.1) is 0 Å². The van der Waals surface area contributed by atoms with Gasteiger partial charge in [0.1, 0.15) is 12.0 Å². The molecule has 0 atom stereocenters. The highest BCUT2D eigenvalue weighted by Gasteiger charge is 2.10. The highest BCUT2D eigenvalue weighted by atomic mass is 35.5. The van der Waals surface area contributed by atoms with Gasteiger partial charge in [0.2, 0.25) is 0 Å². The summed E-state index contributed by atoms with van der Waals surface area (Å²) in [5.41, 5.74) is 8.44. The minimum absolute atomic E-state index is 0.445. The lowest BCUT2D eigenvalue weighted by molar-refractivity contribution is 1.01. The van der Waals surface area contributed by atoms with E-state index in [4.69, 9.17) is 23.2 Å². The average molecular weight is 223 g/mol. The van der Waals surface area contributed by atoms with Crippen LogP contribution in [0.3, 0.4) is 0 Å². The Morgan fingerprint density at radius 1 is 1.40 bits per heavy atom. The van der Waals surface area contributed by atoms with Crippen LogP contribution in [-0.4, -0.2) is 9.66 Å². The Hall–Kier alpha value is -1.68. The van der Waals surface area contributed by atoms with Gasteiger partial charge in [-0.3, -0.25) is 0 Å². The Labute approximate surface area is 92.4 Å². The lowest BCUT2D eigenvalue weighted by Gasteiger charge is -2.04. The van der Waals surface area contributed by atoms with Crippen molar-refractivity contribution in [3.05, 3.63) is 35.1 Å². The van der Waals surface area contributed by atoms with E-state index in [0.29, 0.717) is 16.5 Å². The summed E-state index contributed by atoms with van der Waals surface area (Å²) in [6, 6.07) is 5.56. The number of nitrogen functional groups attached to an aromatic ring is 2. The molecule has 1 aromatic carbocycles. The Morgan fingerprint density at radius 3 is 2.67 bits per heavy atom. The van der Waals surface area contributed by atoms with E-state index in [1.54, 1.807) is 6.07 Å². The van der Waals surface area contributed by atoms with E-state index < -0.39 is 0 Å². The maximum atomic E-state index is 5.87. The van der Waals surface area contributed by atoms with Gasteiger partial charge in [-0.25, -0.2) is 9.66 Å². The Morgan fingerprint density at radius 2 is 2.13 bits per heavy atom. The van der Waals surface area contributed by atoms with Gasteiger partial charge in [0.15, 0.2) is 5.82 Å². The number of anilines is 1. The molecule has 0 aliphatic carbocycles. The molecule has 0 saturated carbocycles. The zero-order valence-electron chi connectivity index (χ0n) is 8.24. The first kappa shape index (κ1) is 9.86. The smallest absolute Gasteiger partial charge is 0.150 e. The number of nitrogens with two attached hydrogens (primary N) is 2. The van der Waals surface area contributed by atoms with E-state index in [1.165, 1.54) is 11.0 Å². The second-order valence-corrected chi connectivity index (χ2v) is 3.78. The van der Waals surface area contributed by atoms with E-state index in [9.17, 15) is 0 Å². The molecule has 2 rings (SSSR count).